The minimum Gasteiger partial charge on any atom is -0.317 e. The van der Waals surface area contributed by atoms with Crippen molar-refractivity contribution < 1.29 is 0 Å². The molecular formula is C10H19N. The zero-order valence-electron chi connectivity index (χ0n) is 7.69. The third kappa shape index (κ3) is 2.66. The van der Waals surface area contributed by atoms with E-state index in [1.54, 1.807) is 0 Å². The lowest BCUT2D eigenvalue weighted by molar-refractivity contribution is 0.301. The summed E-state index contributed by atoms with van der Waals surface area (Å²) >= 11 is 0. The van der Waals surface area contributed by atoms with Gasteiger partial charge in [-0.2, -0.15) is 0 Å². The van der Waals surface area contributed by atoms with Crippen LogP contribution in [0.4, 0.5) is 0 Å². The van der Waals surface area contributed by atoms with Crippen LogP contribution in [0.25, 0.3) is 0 Å². The Hall–Kier alpha value is -0.300. The van der Waals surface area contributed by atoms with Crippen molar-refractivity contribution >= 4 is 0 Å². The molecule has 1 N–H and O–H groups in total. The standard InChI is InChI=1S/C10H19N/c1-3-4-5-10(2)6-8-11-9-7-10/h4-5,11H,3,6-9H2,1-2H3/b5-4-. The maximum atomic E-state index is 3.38. The zero-order valence-corrected chi connectivity index (χ0v) is 7.69. The summed E-state index contributed by atoms with van der Waals surface area (Å²) < 4.78 is 0. The second-order valence-electron chi connectivity index (χ2n) is 3.71. The predicted octanol–water partition coefficient (Wildman–Crippen LogP) is 2.34. The molecule has 0 unspecified atom stereocenters. The van der Waals surface area contributed by atoms with Gasteiger partial charge in [-0.05, 0) is 37.8 Å². The lowest BCUT2D eigenvalue weighted by Crippen LogP contribution is -2.33. The molecule has 0 aromatic heterocycles. The summed E-state index contributed by atoms with van der Waals surface area (Å²) in [4.78, 5) is 0. The average Bonchev–Trinajstić information content (AvgIpc) is 2.03. The van der Waals surface area contributed by atoms with Crippen molar-refractivity contribution in [1.82, 2.24) is 5.32 Å². The maximum Gasteiger partial charge on any atom is -0.00407 e. The molecule has 64 valence electrons. The molecule has 1 aliphatic rings. The van der Waals surface area contributed by atoms with Crippen LogP contribution in [-0.2, 0) is 0 Å². The van der Waals surface area contributed by atoms with E-state index in [1.165, 1.54) is 32.4 Å². The smallest absolute Gasteiger partial charge is 0.00407 e. The number of allylic oxidation sites excluding steroid dienone is 2. The van der Waals surface area contributed by atoms with E-state index < -0.39 is 0 Å². The van der Waals surface area contributed by atoms with Gasteiger partial charge in [-0.1, -0.05) is 26.0 Å². The van der Waals surface area contributed by atoms with E-state index in [4.69, 9.17) is 0 Å². The fourth-order valence-electron chi connectivity index (χ4n) is 1.57. The van der Waals surface area contributed by atoms with Gasteiger partial charge in [0, 0.05) is 0 Å². The van der Waals surface area contributed by atoms with Crippen LogP contribution in [0.3, 0.4) is 0 Å². The maximum absolute atomic E-state index is 3.38. The van der Waals surface area contributed by atoms with Crippen LogP contribution in [0.2, 0.25) is 0 Å². The third-order valence-electron chi connectivity index (χ3n) is 2.50. The first-order valence-corrected chi connectivity index (χ1v) is 4.65. The average molecular weight is 153 g/mol. The Labute approximate surface area is 69.9 Å². The van der Waals surface area contributed by atoms with Crippen molar-refractivity contribution in [3.63, 3.8) is 0 Å². The molecule has 0 aromatic carbocycles. The molecule has 1 aliphatic heterocycles. The molecule has 1 heterocycles. The van der Waals surface area contributed by atoms with Crippen molar-refractivity contribution in [2.45, 2.75) is 33.1 Å². The lowest BCUT2D eigenvalue weighted by atomic mass is 9.81. The zero-order chi connectivity index (χ0) is 8.16. The molecule has 0 atom stereocenters. The Kier molecular flexibility index (Phi) is 3.13. The summed E-state index contributed by atoms with van der Waals surface area (Å²) in [6.07, 6.45) is 8.45. The normalized spacial score (nSPS) is 24.2. The van der Waals surface area contributed by atoms with Crippen LogP contribution in [0, 0.1) is 5.41 Å². The topological polar surface area (TPSA) is 12.0 Å². The second kappa shape index (κ2) is 3.91. The molecule has 1 rings (SSSR count). The molecule has 1 nitrogen and oxygen atoms in total. The number of hydrogen-bond acceptors (Lipinski definition) is 1. The van der Waals surface area contributed by atoms with E-state index in [9.17, 15) is 0 Å². The number of piperidine rings is 1. The summed E-state index contributed by atoms with van der Waals surface area (Å²) in [6, 6.07) is 0. The Bertz CT molecular complexity index is 132. The van der Waals surface area contributed by atoms with Gasteiger partial charge in [-0.15, -0.1) is 0 Å². The fraction of sp³-hybridized carbons (Fsp3) is 0.800. The van der Waals surface area contributed by atoms with Gasteiger partial charge >= 0.3 is 0 Å². The Balaban J connectivity index is 2.43. The fourth-order valence-corrected chi connectivity index (χ4v) is 1.57. The van der Waals surface area contributed by atoms with Crippen LogP contribution in [-0.4, -0.2) is 13.1 Å². The minimum atomic E-state index is 0.487. The monoisotopic (exact) mass is 153 g/mol. The van der Waals surface area contributed by atoms with Gasteiger partial charge in [0.05, 0.1) is 0 Å². The molecule has 0 radical (unpaired) electrons. The van der Waals surface area contributed by atoms with Gasteiger partial charge < -0.3 is 5.32 Å². The highest BCUT2D eigenvalue weighted by Gasteiger charge is 2.22. The first kappa shape index (κ1) is 8.79. The molecule has 1 saturated heterocycles. The Morgan fingerprint density at radius 3 is 2.55 bits per heavy atom. The number of hydrogen-bond donors (Lipinski definition) is 1. The van der Waals surface area contributed by atoms with Gasteiger partial charge in [-0.25, -0.2) is 0 Å². The van der Waals surface area contributed by atoms with E-state index in [0.29, 0.717) is 5.41 Å². The minimum absolute atomic E-state index is 0.487. The van der Waals surface area contributed by atoms with E-state index in [0.717, 1.165) is 0 Å². The molecule has 0 aromatic rings. The Morgan fingerprint density at radius 1 is 1.36 bits per heavy atom. The van der Waals surface area contributed by atoms with Crippen molar-refractivity contribution in [3.8, 4) is 0 Å². The van der Waals surface area contributed by atoms with E-state index in [1.807, 2.05) is 0 Å². The van der Waals surface area contributed by atoms with Gasteiger partial charge in [0.1, 0.15) is 0 Å². The van der Waals surface area contributed by atoms with Gasteiger partial charge in [0.2, 0.25) is 0 Å². The molecule has 11 heavy (non-hydrogen) atoms. The van der Waals surface area contributed by atoms with Gasteiger partial charge in [0.15, 0.2) is 0 Å². The third-order valence-corrected chi connectivity index (χ3v) is 2.50. The van der Waals surface area contributed by atoms with Crippen molar-refractivity contribution in [2.75, 3.05) is 13.1 Å². The van der Waals surface area contributed by atoms with E-state index >= 15 is 0 Å². The molecule has 0 bridgehead atoms. The second-order valence-corrected chi connectivity index (χ2v) is 3.71. The summed E-state index contributed by atoms with van der Waals surface area (Å²) in [5.41, 5.74) is 0.487. The highest BCUT2D eigenvalue weighted by Crippen LogP contribution is 2.29. The first-order chi connectivity index (χ1) is 5.27. The van der Waals surface area contributed by atoms with Crippen molar-refractivity contribution in [1.29, 1.82) is 0 Å². The highest BCUT2D eigenvalue weighted by molar-refractivity contribution is 4.99. The van der Waals surface area contributed by atoms with E-state index in [2.05, 4.69) is 31.3 Å². The lowest BCUT2D eigenvalue weighted by Gasteiger charge is -2.30. The Morgan fingerprint density at radius 2 is 2.00 bits per heavy atom. The van der Waals surface area contributed by atoms with Crippen molar-refractivity contribution in [2.24, 2.45) is 5.41 Å². The van der Waals surface area contributed by atoms with Crippen LogP contribution in [0.15, 0.2) is 12.2 Å². The highest BCUT2D eigenvalue weighted by atomic mass is 14.9. The number of rotatable bonds is 2. The molecule has 0 spiro atoms. The largest absolute Gasteiger partial charge is 0.317 e. The van der Waals surface area contributed by atoms with E-state index in [-0.39, 0.29) is 0 Å². The van der Waals surface area contributed by atoms with Crippen LogP contribution in [0.5, 0.6) is 0 Å². The molecule has 0 saturated carbocycles. The van der Waals surface area contributed by atoms with Gasteiger partial charge in [-0.3, -0.25) is 0 Å². The summed E-state index contributed by atoms with van der Waals surface area (Å²) in [7, 11) is 0. The van der Waals surface area contributed by atoms with Crippen molar-refractivity contribution in [3.05, 3.63) is 12.2 Å². The quantitative estimate of drug-likeness (QED) is 0.600. The number of nitrogens with one attached hydrogen (secondary N) is 1. The summed E-state index contributed by atoms with van der Waals surface area (Å²) in [5, 5.41) is 3.38. The van der Waals surface area contributed by atoms with Crippen LogP contribution >= 0.6 is 0 Å². The molecule has 1 heteroatoms. The van der Waals surface area contributed by atoms with Crippen LogP contribution in [0.1, 0.15) is 33.1 Å². The SMILES string of the molecule is CC/C=C\C1(C)CCNCC1. The molecular weight excluding hydrogens is 134 g/mol. The van der Waals surface area contributed by atoms with Crippen LogP contribution < -0.4 is 5.32 Å². The first-order valence-electron chi connectivity index (χ1n) is 4.65. The predicted molar refractivity (Wildman–Crippen MR) is 49.6 cm³/mol. The molecule has 0 aliphatic carbocycles. The molecule has 0 amide bonds. The van der Waals surface area contributed by atoms with Gasteiger partial charge in [0.25, 0.3) is 0 Å². The summed E-state index contributed by atoms with van der Waals surface area (Å²) in [5.74, 6) is 0. The summed E-state index contributed by atoms with van der Waals surface area (Å²) in [6.45, 7) is 6.93. The molecule has 1 fully saturated rings.